The number of fused-ring (bicyclic) bond motifs is 1. The van der Waals surface area contributed by atoms with E-state index in [1.165, 1.54) is 9.26 Å². The number of ether oxygens (including phenoxy) is 2. The topological polar surface area (TPSA) is 70.4 Å². The van der Waals surface area contributed by atoms with E-state index in [9.17, 15) is 0 Å². The fourth-order valence-electron chi connectivity index (χ4n) is 4.02. The van der Waals surface area contributed by atoms with Gasteiger partial charge in [0.05, 0.1) is 19.6 Å². The zero-order valence-corrected chi connectivity index (χ0v) is 26.3. The van der Waals surface area contributed by atoms with Gasteiger partial charge >= 0.3 is 0 Å². The Hall–Kier alpha value is -1.85. The van der Waals surface area contributed by atoms with Gasteiger partial charge in [-0.3, -0.25) is 0 Å². The Morgan fingerprint density at radius 2 is 1.83 bits per heavy atom. The van der Waals surface area contributed by atoms with Gasteiger partial charge in [0.1, 0.15) is 29.3 Å². The fraction of sp³-hybridized carbons (Fsp3) is 0.556. The highest BCUT2D eigenvalue weighted by molar-refractivity contribution is 14.1. The minimum atomic E-state index is -1.75. The van der Waals surface area contributed by atoms with Crippen LogP contribution in [0, 0.1) is 3.57 Å². The van der Waals surface area contributed by atoms with Crippen molar-refractivity contribution in [2.45, 2.75) is 78.2 Å². The summed E-state index contributed by atoms with van der Waals surface area (Å²) in [5.74, 6) is 2.38. The number of anilines is 1. The Kier molecular flexibility index (Phi) is 9.32. The molecule has 3 rings (SSSR count). The molecule has 0 bridgehead atoms. The van der Waals surface area contributed by atoms with E-state index in [1.807, 2.05) is 18.2 Å². The maximum absolute atomic E-state index is 6.45. The lowest BCUT2D eigenvalue weighted by atomic mass is 10.2. The largest absolute Gasteiger partial charge is 0.497 e. The van der Waals surface area contributed by atoms with Crippen LogP contribution in [0.1, 0.15) is 58.3 Å². The van der Waals surface area contributed by atoms with Crippen LogP contribution in [-0.4, -0.2) is 43.7 Å². The Bertz CT molecular complexity index is 1190. The van der Waals surface area contributed by atoms with E-state index in [2.05, 4.69) is 85.2 Å². The molecule has 0 fully saturated rings. The van der Waals surface area contributed by atoms with Gasteiger partial charge in [-0.2, -0.15) is 0 Å². The highest BCUT2D eigenvalue weighted by Crippen LogP contribution is 2.37. The van der Waals surface area contributed by atoms with Crippen LogP contribution in [0.15, 0.2) is 24.5 Å². The summed E-state index contributed by atoms with van der Waals surface area (Å²) in [5.41, 5.74) is 3.30. The second-order valence-electron chi connectivity index (χ2n) is 10.9. The number of rotatable bonds is 11. The van der Waals surface area contributed by atoms with Crippen molar-refractivity contribution in [3.63, 3.8) is 0 Å². The van der Waals surface area contributed by atoms with Crippen molar-refractivity contribution >= 4 is 47.8 Å². The second-order valence-corrected chi connectivity index (χ2v) is 16.8. The third kappa shape index (κ3) is 6.16. The summed E-state index contributed by atoms with van der Waals surface area (Å²) in [6.07, 6.45) is 3.56. The maximum Gasteiger partial charge on any atom is 0.191 e. The molecule has 2 heterocycles. The smallest absolute Gasteiger partial charge is 0.191 e. The number of methoxy groups -OCH3 is 2. The van der Waals surface area contributed by atoms with Crippen LogP contribution in [-0.2, 0) is 17.4 Å². The molecular weight excluding hydrogens is 583 g/mol. The van der Waals surface area contributed by atoms with E-state index in [0.29, 0.717) is 6.54 Å². The molecule has 0 aliphatic heterocycles. The summed E-state index contributed by atoms with van der Waals surface area (Å²) in [5, 5.41) is 4.82. The van der Waals surface area contributed by atoms with Gasteiger partial charge in [0.15, 0.2) is 8.32 Å². The molecule has 0 saturated carbocycles. The van der Waals surface area contributed by atoms with E-state index in [-0.39, 0.29) is 11.1 Å². The predicted molar refractivity (Wildman–Crippen MR) is 159 cm³/mol. The predicted octanol–water partition coefficient (Wildman–Crippen LogP) is 7.20. The lowest BCUT2D eigenvalue weighted by molar-refractivity contribution is 0.281. The normalized spacial score (nSPS) is 12.4. The zero-order valence-electron chi connectivity index (χ0n) is 23.2. The summed E-state index contributed by atoms with van der Waals surface area (Å²) in [4.78, 5) is 9.31. The minimum absolute atomic E-state index is 0.219. The van der Waals surface area contributed by atoms with Gasteiger partial charge in [0, 0.05) is 40.1 Å². The van der Waals surface area contributed by atoms with Gasteiger partial charge in [-0.15, -0.1) is 0 Å². The van der Waals surface area contributed by atoms with Crippen molar-refractivity contribution in [1.29, 1.82) is 0 Å². The zero-order chi connectivity index (χ0) is 26.7. The Labute approximate surface area is 230 Å². The van der Waals surface area contributed by atoms with Crippen molar-refractivity contribution in [1.82, 2.24) is 14.5 Å². The SMILES string of the molecule is COc1ccc(CNc2ncnc3c2c(I)c(CCCO[Si](C)(C)C(C)(C)C)n3C(C)C)c(OC)c1. The molecular formula is C27H41IN4O3Si. The molecule has 0 atom stereocenters. The molecule has 1 N–H and O–H groups in total. The lowest BCUT2D eigenvalue weighted by Crippen LogP contribution is -2.41. The Morgan fingerprint density at radius 3 is 2.44 bits per heavy atom. The van der Waals surface area contributed by atoms with Crippen LogP contribution < -0.4 is 14.8 Å². The molecule has 0 saturated heterocycles. The number of benzene rings is 1. The van der Waals surface area contributed by atoms with Crippen LogP contribution in [0.2, 0.25) is 18.1 Å². The highest BCUT2D eigenvalue weighted by atomic mass is 127. The number of halogens is 1. The van der Waals surface area contributed by atoms with Gasteiger partial charge in [0.2, 0.25) is 0 Å². The van der Waals surface area contributed by atoms with Crippen molar-refractivity contribution in [2.75, 3.05) is 26.1 Å². The van der Waals surface area contributed by atoms with Crippen LogP contribution in [0.25, 0.3) is 11.0 Å². The molecule has 2 aromatic heterocycles. The summed E-state index contributed by atoms with van der Waals surface area (Å²) in [7, 11) is 1.58. The standard InChI is InChI=1S/C27H41IN4O3Si/c1-18(2)32-21(11-10-14-35-36(8,9)27(3,4)5)24(28)23-25(30-17-31-26(23)32)29-16-19-12-13-20(33-6)15-22(19)34-7/h12-13,15,17-18H,10-11,14,16H2,1-9H3,(H,29,30,31). The summed E-state index contributed by atoms with van der Waals surface area (Å²) < 4.78 is 20.9. The summed E-state index contributed by atoms with van der Waals surface area (Å²) in [6.45, 7) is 17.3. The molecule has 9 heteroatoms. The molecule has 36 heavy (non-hydrogen) atoms. The molecule has 0 radical (unpaired) electrons. The van der Waals surface area contributed by atoms with Gasteiger partial charge < -0.3 is 23.8 Å². The van der Waals surface area contributed by atoms with E-state index < -0.39 is 8.32 Å². The number of hydrogen-bond acceptors (Lipinski definition) is 6. The first-order valence-electron chi connectivity index (χ1n) is 12.5. The van der Waals surface area contributed by atoms with Gasteiger partial charge in [-0.1, -0.05) is 20.8 Å². The molecule has 0 aliphatic rings. The monoisotopic (exact) mass is 624 g/mol. The molecule has 7 nitrogen and oxygen atoms in total. The summed E-state index contributed by atoms with van der Waals surface area (Å²) in [6, 6.07) is 6.14. The molecule has 0 aliphatic carbocycles. The molecule has 0 spiro atoms. The van der Waals surface area contributed by atoms with Crippen molar-refractivity contribution < 1.29 is 13.9 Å². The van der Waals surface area contributed by atoms with Crippen LogP contribution >= 0.6 is 22.6 Å². The lowest BCUT2D eigenvalue weighted by Gasteiger charge is -2.36. The quantitative estimate of drug-likeness (QED) is 0.138. The average Bonchev–Trinajstić information content (AvgIpc) is 3.11. The average molecular weight is 625 g/mol. The van der Waals surface area contributed by atoms with Crippen LogP contribution in [0.3, 0.4) is 0 Å². The van der Waals surface area contributed by atoms with E-state index in [0.717, 1.165) is 53.4 Å². The molecule has 1 aromatic carbocycles. The summed E-state index contributed by atoms with van der Waals surface area (Å²) >= 11 is 2.46. The molecule has 0 amide bonds. The van der Waals surface area contributed by atoms with Crippen molar-refractivity contribution in [3.05, 3.63) is 39.4 Å². The Morgan fingerprint density at radius 1 is 1.11 bits per heavy atom. The first-order chi connectivity index (χ1) is 16.9. The van der Waals surface area contributed by atoms with Crippen LogP contribution in [0.4, 0.5) is 5.82 Å². The second kappa shape index (κ2) is 11.7. The molecule has 0 unspecified atom stereocenters. The fourth-order valence-corrected chi connectivity index (χ4v) is 6.13. The maximum atomic E-state index is 6.45. The van der Waals surface area contributed by atoms with Crippen LogP contribution in [0.5, 0.6) is 11.5 Å². The van der Waals surface area contributed by atoms with E-state index in [4.69, 9.17) is 18.9 Å². The highest BCUT2D eigenvalue weighted by Gasteiger charge is 2.36. The third-order valence-corrected chi connectivity index (χ3v) is 12.8. The number of hydrogen-bond donors (Lipinski definition) is 1. The van der Waals surface area contributed by atoms with E-state index >= 15 is 0 Å². The number of aromatic nitrogens is 3. The Balaban J connectivity index is 1.86. The number of nitrogens with zero attached hydrogens (tertiary/aromatic N) is 3. The van der Waals surface area contributed by atoms with E-state index in [1.54, 1.807) is 20.5 Å². The van der Waals surface area contributed by atoms with Crippen molar-refractivity contribution in [3.8, 4) is 11.5 Å². The third-order valence-electron chi connectivity index (χ3n) is 7.10. The minimum Gasteiger partial charge on any atom is -0.497 e. The molecule has 3 aromatic rings. The van der Waals surface area contributed by atoms with Gasteiger partial charge in [0.25, 0.3) is 0 Å². The van der Waals surface area contributed by atoms with Gasteiger partial charge in [-0.05, 0) is 79.5 Å². The van der Waals surface area contributed by atoms with Crippen molar-refractivity contribution in [2.24, 2.45) is 0 Å². The first kappa shape index (κ1) is 28.7. The first-order valence-corrected chi connectivity index (χ1v) is 16.5. The number of nitrogens with one attached hydrogen (secondary N) is 1. The van der Waals surface area contributed by atoms with Gasteiger partial charge in [-0.25, -0.2) is 9.97 Å². The molecule has 198 valence electrons.